The van der Waals surface area contributed by atoms with Crippen molar-refractivity contribution in [3.05, 3.63) is 59.7 Å². The van der Waals surface area contributed by atoms with E-state index in [1.165, 1.54) is 0 Å². The Hall–Kier alpha value is -3.03. The van der Waals surface area contributed by atoms with Gasteiger partial charge < -0.3 is 14.5 Å². The Bertz CT molecular complexity index is 1060. The number of amides is 1. The predicted molar refractivity (Wildman–Crippen MR) is 123 cm³/mol. The van der Waals surface area contributed by atoms with E-state index in [4.69, 9.17) is 9.15 Å². The van der Waals surface area contributed by atoms with E-state index in [-0.39, 0.29) is 11.4 Å². The molecule has 3 aromatic rings. The first-order chi connectivity index (χ1) is 15.5. The number of carbonyl (C=O) groups excluding carboxylic acids is 1. The molecule has 0 spiro atoms. The van der Waals surface area contributed by atoms with Gasteiger partial charge in [0, 0.05) is 41.9 Å². The molecule has 1 fully saturated rings. The molecule has 7 nitrogen and oxygen atoms in total. The third-order valence-corrected chi connectivity index (χ3v) is 6.36. The van der Waals surface area contributed by atoms with Gasteiger partial charge in [0.15, 0.2) is 0 Å². The number of benzene rings is 2. The van der Waals surface area contributed by atoms with Crippen LogP contribution in [0, 0.1) is 6.92 Å². The number of aryl methyl sites for hydroxylation is 1. The van der Waals surface area contributed by atoms with Crippen LogP contribution >= 0.6 is 0 Å². The zero-order valence-electron chi connectivity index (χ0n) is 18.9. The lowest BCUT2D eigenvalue weighted by molar-refractivity contribution is -0.0169. The Morgan fingerprint density at radius 1 is 1.06 bits per heavy atom. The molecule has 0 bridgehead atoms. The van der Waals surface area contributed by atoms with Crippen LogP contribution in [0.1, 0.15) is 36.2 Å². The van der Waals surface area contributed by atoms with Gasteiger partial charge in [-0.3, -0.25) is 9.69 Å². The lowest BCUT2D eigenvalue weighted by Crippen LogP contribution is -2.56. The molecule has 1 N–H and O–H groups in total. The van der Waals surface area contributed by atoms with E-state index in [1.807, 2.05) is 43.3 Å². The second-order valence-electron chi connectivity index (χ2n) is 8.44. The summed E-state index contributed by atoms with van der Waals surface area (Å²) < 4.78 is 11.3. The maximum Gasteiger partial charge on any atom is 0.251 e. The molecule has 168 valence electrons. The number of hydrogen-bond acceptors (Lipinski definition) is 6. The van der Waals surface area contributed by atoms with Gasteiger partial charge in [0.2, 0.25) is 11.8 Å². The van der Waals surface area contributed by atoms with Crippen LogP contribution in [0.15, 0.2) is 52.9 Å². The van der Waals surface area contributed by atoms with Crippen LogP contribution in [-0.2, 0) is 4.74 Å². The van der Waals surface area contributed by atoms with Crippen LogP contribution in [0.3, 0.4) is 0 Å². The van der Waals surface area contributed by atoms with Crippen molar-refractivity contribution in [1.82, 2.24) is 20.4 Å². The van der Waals surface area contributed by atoms with Crippen molar-refractivity contribution in [3.63, 3.8) is 0 Å². The van der Waals surface area contributed by atoms with Crippen molar-refractivity contribution in [1.29, 1.82) is 0 Å². The molecule has 1 aliphatic rings. The largest absolute Gasteiger partial charge is 0.416 e. The van der Waals surface area contributed by atoms with Gasteiger partial charge in [-0.1, -0.05) is 25.1 Å². The minimum absolute atomic E-state index is 0.0874. The molecule has 1 aliphatic heterocycles. The zero-order chi connectivity index (χ0) is 22.6. The van der Waals surface area contributed by atoms with Gasteiger partial charge in [0.05, 0.1) is 13.2 Å². The van der Waals surface area contributed by atoms with E-state index >= 15 is 0 Å². The van der Waals surface area contributed by atoms with Crippen LogP contribution in [-0.4, -0.2) is 59.4 Å². The van der Waals surface area contributed by atoms with Gasteiger partial charge in [0.25, 0.3) is 5.91 Å². The summed E-state index contributed by atoms with van der Waals surface area (Å²) in [5, 5.41) is 11.5. The molecule has 2 heterocycles. The summed E-state index contributed by atoms with van der Waals surface area (Å²) in [5.41, 5.74) is 3.29. The lowest BCUT2D eigenvalue weighted by Gasteiger charge is -2.43. The number of hydrogen-bond donors (Lipinski definition) is 1. The Morgan fingerprint density at radius 3 is 2.44 bits per heavy atom. The predicted octanol–water partition coefficient (Wildman–Crippen LogP) is 3.94. The highest BCUT2D eigenvalue weighted by Gasteiger charge is 2.31. The number of morpholine rings is 1. The fourth-order valence-corrected chi connectivity index (χ4v) is 3.96. The topological polar surface area (TPSA) is 80.5 Å². The number of nitrogens with one attached hydrogen (secondary N) is 1. The van der Waals surface area contributed by atoms with Crippen LogP contribution in [0.4, 0.5) is 0 Å². The molecular weight excluding hydrogens is 404 g/mol. The van der Waals surface area contributed by atoms with Gasteiger partial charge in [-0.05, 0) is 56.2 Å². The maximum atomic E-state index is 12.8. The Morgan fingerprint density at radius 2 is 1.75 bits per heavy atom. The fourth-order valence-electron chi connectivity index (χ4n) is 3.96. The van der Waals surface area contributed by atoms with E-state index in [2.05, 4.69) is 34.3 Å². The molecule has 1 amide bonds. The van der Waals surface area contributed by atoms with Gasteiger partial charge in [-0.2, -0.15) is 0 Å². The van der Waals surface area contributed by atoms with Crippen molar-refractivity contribution in [2.24, 2.45) is 0 Å². The van der Waals surface area contributed by atoms with Gasteiger partial charge in [-0.25, -0.2) is 0 Å². The van der Waals surface area contributed by atoms with Crippen LogP contribution < -0.4 is 5.32 Å². The molecule has 0 radical (unpaired) electrons. The summed E-state index contributed by atoms with van der Waals surface area (Å²) in [7, 11) is 0. The zero-order valence-corrected chi connectivity index (χ0v) is 18.9. The Balaban J connectivity index is 1.41. The molecule has 0 saturated carbocycles. The molecule has 2 aromatic carbocycles. The first-order valence-electron chi connectivity index (χ1n) is 11.1. The number of carbonyl (C=O) groups is 1. The van der Waals surface area contributed by atoms with Crippen LogP contribution in [0.2, 0.25) is 0 Å². The van der Waals surface area contributed by atoms with Gasteiger partial charge in [-0.15, -0.1) is 10.2 Å². The summed E-state index contributed by atoms with van der Waals surface area (Å²) in [5.74, 6) is 0.832. The van der Waals surface area contributed by atoms with Crippen molar-refractivity contribution in [3.8, 4) is 22.9 Å². The quantitative estimate of drug-likeness (QED) is 0.607. The lowest BCUT2D eigenvalue weighted by atomic mass is 9.95. The Labute approximate surface area is 188 Å². The average Bonchev–Trinajstić information content (AvgIpc) is 3.33. The van der Waals surface area contributed by atoms with E-state index in [0.29, 0.717) is 23.9 Å². The summed E-state index contributed by atoms with van der Waals surface area (Å²) >= 11 is 0. The molecule has 1 atom stereocenters. The maximum absolute atomic E-state index is 12.8. The van der Waals surface area contributed by atoms with Crippen molar-refractivity contribution in [2.75, 3.05) is 32.8 Å². The molecule has 1 saturated heterocycles. The second-order valence-corrected chi connectivity index (χ2v) is 8.44. The van der Waals surface area contributed by atoms with E-state index < -0.39 is 0 Å². The number of rotatable bonds is 7. The highest BCUT2D eigenvalue weighted by molar-refractivity contribution is 5.94. The molecule has 4 rings (SSSR count). The number of nitrogens with zero attached hydrogens (tertiary/aromatic N) is 3. The second kappa shape index (κ2) is 9.63. The molecule has 0 aliphatic carbocycles. The van der Waals surface area contributed by atoms with E-state index in [9.17, 15) is 4.79 Å². The average molecular weight is 435 g/mol. The summed E-state index contributed by atoms with van der Waals surface area (Å²) in [4.78, 5) is 15.2. The summed E-state index contributed by atoms with van der Waals surface area (Å²) in [6.07, 6.45) is 0.951. The Kier molecular flexibility index (Phi) is 6.67. The molecule has 1 unspecified atom stereocenters. The number of ether oxygens (including phenoxy) is 1. The first-order valence-corrected chi connectivity index (χ1v) is 11.1. The summed E-state index contributed by atoms with van der Waals surface area (Å²) in [6.45, 7) is 10.2. The minimum atomic E-state index is -0.0882. The normalized spacial score (nSPS) is 16.5. The first kappa shape index (κ1) is 22.2. The molecule has 7 heteroatoms. The van der Waals surface area contributed by atoms with Crippen molar-refractivity contribution < 1.29 is 13.9 Å². The van der Waals surface area contributed by atoms with Gasteiger partial charge >= 0.3 is 0 Å². The third-order valence-electron chi connectivity index (χ3n) is 6.36. The van der Waals surface area contributed by atoms with Gasteiger partial charge in [0.1, 0.15) is 0 Å². The van der Waals surface area contributed by atoms with Crippen LogP contribution in [0.5, 0.6) is 0 Å². The molecule has 32 heavy (non-hydrogen) atoms. The standard InChI is InChI=1S/C25H30N4O3/c1-4-25(3,29-13-15-31-16-14-29)17-26-22(30)19-9-11-20(12-10-19)23-27-28-24(32-23)21-8-6-5-7-18(21)2/h5-12H,4,13-17H2,1-3H3,(H,26,30). The fraction of sp³-hybridized carbons (Fsp3) is 0.400. The van der Waals surface area contributed by atoms with Crippen LogP contribution in [0.25, 0.3) is 22.9 Å². The highest BCUT2D eigenvalue weighted by atomic mass is 16.5. The van der Waals surface area contributed by atoms with E-state index in [0.717, 1.165) is 49.4 Å². The van der Waals surface area contributed by atoms with E-state index in [1.54, 1.807) is 12.1 Å². The van der Waals surface area contributed by atoms with Crippen molar-refractivity contribution in [2.45, 2.75) is 32.7 Å². The minimum Gasteiger partial charge on any atom is -0.416 e. The summed E-state index contributed by atoms with van der Waals surface area (Å²) in [6, 6.07) is 15.2. The highest BCUT2D eigenvalue weighted by Crippen LogP contribution is 2.26. The molecular formula is C25H30N4O3. The number of aromatic nitrogens is 2. The van der Waals surface area contributed by atoms with Crippen molar-refractivity contribution >= 4 is 5.91 Å². The monoisotopic (exact) mass is 434 g/mol. The SMILES string of the molecule is CCC(C)(CNC(=O)c1ccc(-c2nnc(-c3ccccc3C)o2)cc1)N1CCOCC1. The third kappa shape index (κ3) is 4.74. The smallest absolute Gasteiger partial charge is 0.251 e. The molecule has 1 aromatic heterocycles.